The van der Waals surface area contributed by atoms with Crippen molar-refractivity contribution in [1.29, 1.82) is 0 Å². The molecule has 0 unspecified atom stereocenters. The summed E-state index contributed by atoms with van der Waals surface area (Å²) in [6.07, 6.45) is 4.62. The SMILES string of the molecule is C1CN1.C1CO1.c1ccc2[nH]ccc2c1.c1ccc2c(c1)OCCCO2.c1ccc2c(c1)sc1ccccc12.c1ccc2nonc2c1.c1ccc2nsnc2c1.c1ccc2occc2c1. The number of H-pyrrole nitrogens is 1. The monoisotopic (exact) mass is 912 g/mol. The van der Waals surface area contributed by atoms with Crippen LogP contribution in [0.1, 0.15) is 6.42 Å². The largest absolute Gasteiger partial charge is 0.490 e. The average Bonchev–Trinajstić information content (AvgIpc) is 4.24. The molecule has 13 heteroatoms. The molecule has 0 amide bonds. The molecule has 0 aliphatic carbocycles. The highest BCUT2D eigenvalue weighted by Crippen LogP contribution is 2.33. The predicted molar refractivity (Wildman–Crippen MR) is 269 cm³/mol. The van der Waals surface area contributed by atoms with Crippen LogP contribution >= 0.6 is 23.1 Å². The Balaban J connectivity index is 0.000000105. The topological polar surface area (TPSA) is 147 Å². The van der Waals surface area contributed by atoms with Gasteiger partial charge in [0, 0.05) is 56.8 Å². The number of hydrogen-bond donors (Lipinski definition) is 2. The molecule has 332 valence electrons. The summed E-state index contributed by atoms with van der Waals surface area (Å²) in [4.78, 5) is 3.12. The Kier molecular flexibility index (Phi) is 16.8. The number of furan rings is 1. The summed E-state index contributed by atoms with van der Waals surface area (Å²) in [6, 6.07) is 60.4. The van der Waals surface area contributed by atoms with Gasteiger partial charge in [-0.05, 0) is 88.5 Å². The zero-order chi connectivity index (χ0) is 44.9. The third-order valence-corrected chi connectivity index (χ3v) is 11.2. The number of aromatic nitrogens is 5. The zero-order valence-corrected chi connectivity index (χ0v) is 37.7. The van der Waals surface area contributed by atoms with Crippen LogP contribution in [0, 0.1) is 0 Å². The Morgan fingerprint density at radius 1 is 0.470 bits per heavy atom. The molecule has 3 aliphatic heterocycles. The lowest BCUT2D eigenvalue weighted by molar-refractivity contribution is 0.297. The lowest BCUT2D eigenvalue weighted by atomic mass is 10.2. The van der Waals surface area contributed by atoms with E-state index >= 15 is 0 Å². The van der Waals surface area contributed by atoms with Gasteiger partial charge in [-0.3, -0.25) is 0 Å². The second-order valence-corrected chi connectivity index (χ2v) is 16.1. The minimum atomic E-state index is 0.761. The summed E-state index contributed by atoms with van der Waals surface area (Å²) < 4.78 is 35.8. The first kappa shape index (κ1) is 45.2. The van der Waals surface area contributed by atoms with Crippen LogP contribution in [0.15, 0.2) is 203 Å². The lowest BCUT2D eigenvalue weighted by Crippen LogP contribution is -1.97. The summed E-state index contributed by atoms with van der Waals surface area (Å²) in [6.45, 7) is 6.02. The van der Waals surface area contributed by atoms with Gasteiger partial charge in [0.2, 0.25) is 0 Å². The molecule has 8 heterocycles. The minimum Gasteiger partial charge on any atom is -0.490 e. The van der Waals surface area contributed by atoms with Crippen molar-refractivity contribution in [2.75, 3.05) is 39.5 Å². The Morgan fingerprint density at radius 3 is 1.53 bits per heavy atom. The van der Waals surface area contributed by atoms with Crippen LogP contribution in [0.3, 0.4) is 0 Å². The van der Waals surface area contributed by atoms with Crippen LogP contribution in [0.2, 0.25) is 0 Å². The predicted octanol–water partition coefficient (Wildman–Crippen LogP) is 13.0. The minimum absolute atomic E-state index is 0.761. The van der Waals surface area contributed by atoms with Gasteiger partial charge in [0.1, 0.15) is 27.6 Å². The number of aromatic amines is 1. The fraction of sp³-hybridized carbons (Fsp3) is 0.132. The van der Waals surface area contributed by atoms with E-state index < -0.39 is 0 Å². The van der Waals surface area contributed by atoms with Gasteiger partial charge in [0.05, 0.1) is 44.4 Å². The fourth-order valence-electron chi connectivity index (χ4n) is 6.14. The molecule has 3 aliphatic rings. The lowest BCUT2D eigenvalue weighted by Gasteiger charge is -2.04. The summed E-state index contributed by atoms with van der Waals surface area (Å²) in [7, 11) is 0. The van der Waals surface area contributed by atoms with Gasteiger partial charge in [-0.1, -0.05) is 109 Å². The van der Waals surface area contributed by atoms with Gasteiger partial charge in [0.15, 0.2) is 11.5 Å². The smallest absolute Gasteiger partial charge is 0.161 e. The highest BCUT2D eigenvalue weighted by molar-refractivity contribution is 7.25. The van der Waals surface area contributed by atoms with E-state index in [1.54, 1.807) is 6.26 Å². The molecular formula is C53H48N6O5S2. The molecule has 0 radical (unpaired) electrons. The molecule has 2 fully saturated rings. The van der Waals surface area contributed by atoms with Gasteiger partial charge in [-0.25, -0.2) is 4.63 Å². The van der Waals surface area contributed by atoms with Gasteiger partial charge >= 0.3 is 0 Å². The van der Waals surface area contributed by atoms with E-state index in [0.29, 0.717) is 0 Å². The van der Waals surface area contributed by atoms with Crippen molar-refractivity contribution in [1.82, 2.24) is 29.4 Å². The standard InChI is InChI=1S/C12H8S.C9H10O2.C8H7N.C8H6O.C6H4N2O.C6H4N2S.C2H5N.C2H4O/c1-3-7-11-9(5-1)10-6-2-4-8-12(10)13-11;1-2-5-9-8(4-1)10-6-3-7-11-9;2*1-2-4-8-7(3-1)5-6-9-8;2*1-2-4-6-5(3-1)7-9-8-6;2*1-2-3-1/h1-8H;1-2,4-5H,3,6-7H2;1-6,9H;1-6H;2*1-4H;3H,1-2H2;1-2H2. The van der Waals surface area contributed by atoms with E-state index in [4.69, 9.17) is 13.9 Å². The van der Waals surface area contributed by atoms with Crippen molar-refractivity contribution in [3.05, 3.63) is 194 Å². The Morgan fingerprint density at radius 2 is 0.970 bits per heavy atom. The first-order valence-corrected chi connectivity index (χ1v) is 23.1. The van der Waals surface area contributed by atoms with Crippen LogP contribution in [-0.2, 0) is 4.74 Å². The molecule has 2 N–H and O–H groups in total. The molecule has 15 rings (SSSR count). The van der Waals surface area contributed by atoms with Crippen LogP contribution in [0.4, 0.5) is 0 Å². The van der Waals surface area contributed by atoms with Crippen molar-refractivity contribution in [3.63, 3.8) is 0 Å². The zero-order valence-electron chi connectivity index (χ0n) is 36.1. The van der Waals surface area contributed by atoms with Crippen LogP contribution in [0.5, 0.6) is 11.5 Å². The van der Waals surface area contributed by atoms with E-state index in [-0.39, 0.29) is 0 Å². The third kappa shape index (κ3) is 14.0. The van der Waals surface area contributed by atoms with Crippen molar-refractivity contribution < 1.29 is 23.3 Å². The first-order chi connectivity index (χ1) is 32.8. The quantitative estimate of drug-likeness (QED) is 0.141. The van der Waals surface area contributed by atoms with E-state index in [0.717, 1.165) is 77.4 Å². The van der Waals surface area contributed by atoms with Crippen molar-refractivity contribution in [2.24, 2.45) is 0 Å². The Bertz CT molecular complexity index is 2790. The number of hydrogen-bond acceptors (Lipinski definition) is 12. The van der Waals surface area contributed by atoms with Gasteiger partial charge in [-0.15, -0.1) is 11.3 Å². The molecule has 66 heavy (non-hydrogen) atoms. The van der Waals surface area contributed by atoms with E-state index in [1.165, 1.54) is 55.9 Å². The molecule has 0 atom stereocenters. The van der Waals surface area contributed by atoms with Gasteiger partial charge in [-0.2, -0.15) is 8.75 Å². The average molecular weight is 913 g/mol. The maximum atomic E-state index is 5.42. The van der Waals surface area contributed by atoms with Crippen molar-refractivity contribution in [3.8, 4) is 11.5 Å². The maximum absolute atomic E-state index is 5.42. The van der Waals surface area contributed by atoms with Crippen LogP contribution < -0.4 is 14.8 Å². The van der Waals surface area contributed by atoms with E-state index in [1.807, 2.05) is 133 Å². The fourth-order valence-corrected chi connectivity index (χ4v) is 7.77. The second-order valence-electron chi connectivity index (χ2n) is 14.5. The van der Waals surface area contributed by atoms with Gasteiger partial charge in [0.25, 0.3) is 0 Å². The molecule has 0 spiro atoms. The highest BCUT2D eigenvalue weighted by Gasteiger charge is 2.07. The number of nitrogens with zero attached hydrogens (tertiary/aromatic N) is 4. The number of rotatable bonds is 0. The molecule has 0 saturated carbocycles. The molecule has 0 bridgehead atoms. The second kappa shape index (κ2) is 24.6. The Labute approximate surface area is 389 Å². The number of nitrogens with one attached hydrogen (secondary N) is 2. The summed E-state index contributed by atoms with van der Waals surface area (Å²) in [5.74, 6) is 1.73. The van der Waals surface area contributed by atoms with E-state index in [2.05, 4.69) is 105 Å². The number of fused-ring (bicyclic) bond motifs is 8. The maximum Gasteiger partial charge on any atom is 0.161 e. The Hall–Kier alpha value is -7.42. The third-order valence-electron chi connectivity index (χ3n) is 9.54. The van der Waals surface area contributed by atoms with E-state index in [9.17, 15) is 0 Å². The van der Waals surface area contributed by atoms with Crippen LogP contribution in [0.25, 0.3) is 64.1 Å². The first-order valence-electron chi connectivity index (χ1n) is 21.6. The molecule has 12 aromatic rings. The van der Waals surface area contributed by atoms with Crippen LogP contribution in [-0.4, -0.2) is 63.6 Å². The van der Waals surface area contributed by atoms with Gasteiger partial charge < -0.3 is 28.9 Å². The number of epoxide rings is 1. The molecule has 5 aromatic heterocycles. The number of benzene rings is 7. The molecule has 11 nitrogen and oxygen atoms in total. The summed E-state index contributed by atoms with van der Waals surface area (Å²) in [5.41, 5.74) is 5.75. The normalized spacial score (nSPS) is 12.5. The molecular weight excluding hydrogens is 865 g/mol. The number of thiophene rings is 1. The number of ether oxygens (including phenoxy) is 3. The van der Waals surface area contributed by atoms with Crippen molar-refractivity contribution >= 4 is 87.2 Å². The highest BCUT2D eigenvalue weighted by atomic mass is 32.1. The number of para-hydroxylation sites is 4. The molecule has 2 saturated heterocycles. The summed E-state index contributed by atoms with van der Waals surface area (Å²) >= 11 is 3.11. The summed E-state index contributed by atoms with van der Waals surface area (Å²) in [5, 5.41) is 15.5. The molecule has 7 aromatic carbocycles. The van der Waals surface area contributed by atoms with Crippen molar-refractivity contribution in [2.45, 2.75) is 6.42 Å².